The summed E-state index contributed by atoms with van der Waals surface area (Å²) in [4.78, 5) is 16.5. The van der Waals surface area contributed by atoms with Gasteiger partial charge in [-0.1, -0.05) is 17.7 Å². The lowest BCUT2D eigenvalue weighted by atomic mass is 10.3. The number of carbonyl (C=O) groups is 1. The third-order valence-corrected chi connectivity index (χ3v) is 3.35. The average molecular weight is 300 g/mol. The molecular weight excluding hydrogens is 286 g/mol. The number of imidazole rings is 1. The van der Waals surface area contributed by atoms with Gasteiger partial charge >= 0.3 is 0 Å². The standard InChI is InChI=1S/C16H14ClN3O/c1-11-5-6-20-10-14(18-15(20)7-11)9-16(21)19-13-4-2-3-12(17)8-13/h2-8,10H,9H2,1H3,(H,19,21). The van der Waals surface area contributed by atoms with E-state index in [1.165, 1.54) is 0 Å². The normalized spacial score (nSPS) is 10.8. The number of halogens is 1. The van der Waals surface area contributed by atoms with Crippen molar-refractivity contribution in [3.05, 3.63) is 65.1 Å². The lowest BCUT2D eigenvalue weighted by Crippen LogP contribution is -2.14. The Morgan fingerprint density at radius 2 is 2.19 bits per heavy atom. The highest BCUT2D eigenvalue weighted by Crippen LogP contribution is 2.15. The number of anilines is 1. The van der Waals surface area contributed by atoms with Crippen LogP contribution < -0.4 is 5.32 Å². The zero-order chi connectivity index (χ0) is 14.8. The van der Waals surface area contributed by atoms with Crippen LogP contribution in [-0.4, -0.2) is 15.3 Å². The Balaban J connectivity index is 1.74. The van der Waals surface area contributed by atoms with Gasteiger partial charge in [-0.05, 0) is 42.8 Å². The van der Waals surface area contributed by atoms with Gasteiger partial charge in [0, 0.05) is 23.1 Å². The van der Waals surface area contributed by atoms with Crippen molar-refractivity contribution >= 4 is 28.8 Å². The van der Waals surface area contributed by atoms with Crippen LogP contribution in [0.4, 0.5) is 5.69 Å². The molecule has 1 amide bonds. The molecule has 0 aliphatic heterocycles. The van der Waals surface area contributed by atoms with Gasteiger partial charge in [0.1, 0.15) is 5.65 Å². The molecule has 1 aromatic carbocycles. The van der Waals surface area contributed by atoms with Gasteiger partial charge in [-0.15, -0.1) is 0 Å². The van der Waals surface area contributed by atoms with Gasteiger partial charge in [-0.25, -0.2) is 4.98 Å². The number of nitrogens with one attached hydrogen (secondary N) is 1. The number of rotatable bonds is 3. The van der Waals surface area contributed by atoms with Crippen molar-refractivity contribution in [3.8, 4) is 0 Å². The van der Waals surface area contributed by atoms with Gasteiger partial charge < -0.3 is 9.72 Å². The second-order valence-corrected chi connectivity index (χ2v) is 5.37. The zero-order valence-electron chi connectivity index (χ0n) is 11.5. The molecule has 21 heavy (non-hydrogen) atoms. The molecule has 0 unspecified atom stereocenters. The minimum atomic E-state index is -0.114. The lowest BCUT2D eigenvalue weighted by Gasteiger charge is -2.03. The zero-order valence-corrected chi connectivity index (χ0v) is 12.3. The van der Waals surface area contributed by atoms with E-state index in [1.807, 2.05) is 35.9 Å². The molecule has 2 heterocycles. The van der Waals surface area contributed by atoms with Gasteiger partial charge in [0.2, 0.25) is 5.91 Å². The number of aryl methyl sites for hydroxylation is 1. The van der Waals surface area contributed by atoms with Gasteiger partial charge in [0.25, 0.3) is 0 Å². The number of fused-ring (bicyclic) bond motifs is 1. The Morgan fingerprint density at radius 1 is 1.33 bits per heavy atom. The minimum Gasteiger partial charge on any atom is -0.326 e. The maximum absolute atomic E-state index is 12.0. The first-order valence-electron chi connectivity index (χ1n) is 6.60. The summed E-state index contributed by atoms with van der Waals surface area (Å²) in [5.74, 6) is -0.114. The van der Waals surface area contributed by atoms with E-state index >= 15 is 0 Å². The van der Waals surface area contributed by atoms with Crippen LogP contribution in [0.5, 0.6) is 0 Å². The Labute approximate surface area is 127 Å². The van der Waals surface area contributed by atoms with E-state index in [9.17, 15) is 4.79 Å². The first-order chi connectivity index (χ1) is 10.1. The van der Waals surface area contributed by atoms with Crippen molar-refractivity contribution in [2.45, 2.75) is 13.3 Å². The van der Waals surface area contributed by atoms with Crippen molar-refractivity contribution in [2.75, 3.05) is 5.32 Å². The molecule has 3 rings (SSSR count). The van der Waals surface area contributed by atoms with E-state index in [0.29, 0.717) is 10.7 Å². The predicted molar refractivity (Wildman–Crippen MR) is 83.7 cm³/mol. The molecule has 0 aliphatic carbocycles. The molecule has 0 aliphatic rings. The van der Waals surface area contributed by atoms with Crippen LogP contribution in [0, 0.1) is 6.92 Å². The number of carbonyl (C=O) groups excluding carboxylic acids is 1. The number of nitrogens with zero attached hydrogens (tertiary/aromatic N) is 2. The number of hydrogen-bond donors (Lipinski definition) is 1. The van der Waals surface area contributed by atoms with E-state index in [4.69, 9.17) is 11.6 Å². The monoisotopic (exact) mass is 299 g/mol. The van der Waals surface area contributed by atoms with E-state index in [1.54, 1.807) is 24.3 Å². The summed E-state index contributed by atoms with van der Waals surface area (Å²) in [6, 6.07) is 11.1. The van der Waals surface area contributed by atoms with Crippen molar-refractivity contribution in [2.24, 2.45) is 0 Å². The molecule has 5 heteroatoms. The molecule has 0 saturated heterocycles. The van der Waals surface area contributed by atoms with Crippen LogP contribution in [0.1, 0.15) is 11.3 Å². The molecule has 0 atom stereocenters. The van der Waals surface area contributed by atoms with Crippen molar-refractivity contribution < 1.29 is 4.79 Å². The van der Waals surface area contributed by atoms with Crippen LogP contribution in [-0.2, 0) is 11.2 Å². The number of hydrogen-bond acceptors (Lipinski definition) is 2. The smallest absolute Gasteiger partial charge is 0.230 e. The van der Waals surface area contributed by atoms with E-state index in [2.05, 4.69) is 10.3 Å². The quantitative estimate of drug-likeness (QED) is 0.805. The topological polar surface area (TPSA) is 46.4 Å². The summed E-state index contributed by atoms with van der Waals surface area (Å²) in [5.41, 5.74) is 3.41. The third-order valence-electron chi connectivity index (χ3n) is 3.12. The van der Waals surface area contributed by atoms with Crippen LogP contribution in [0.15, 0.2) is 48.8 Å². The van der Waals surface area contributed by atoms with Crippen LogP contribution in [0.25, 0.3) is 5.65 Å². The van der Waals surface area contributed by atoms with Crippen molar-refractivity contribution in [1.29, 1.82) is 0 Å². The van der Waals surface area contributed by atoms with Crippen LogP contribution in [0.2, 0.25) is 5.02 Å². The predicted octanol–water partition coefficient (Wildman–Crippen LogP) is 3.48. The molecule has 3 aromatic rings. The number of pyridine rings is 1. The van der Waals surface area contributed by atoms with Crippen molar-refractivity contribution in [3.63, 3.8) is 0 Å². The van der Waals surface area contributed by atoms with Crippen LogP contribution >= 0.6 is 11.6 Å². The third kappa shape index (κ3) is 3.23. The number of amides is 1. The first kappa shape index (κ1) is 13.6. The van der Waals surface area contributed by atoms with E-state index in [-0.39, 0.29) is 12.3 Å². The highest BCUT2D eigenvalue weighted by atomic mass is 35.5. The Kier molecular flexibility index (Phi) is 3.62. The second-order valence-electron chi connectivity index (χ2n) is 4.94. The molecular formula is C16H14ClN3O. The van der Waals surface area contributed by atoms with Gasteiger partial charge in [-0.3, -0.25) is 4.79 Å². The summed E-state index contributed by atoms with van der Waals surface area (Å²) in [5, 5.41) is 3.41. The summed E-state index contributed by atoms with van der Waals surface area (Å²) in [7, 11) is 0. The van der Waals surface area contributed by atoms with E-state index < -0.39 is 0 Å². The second kappa shape index (κ2) is 5.58. The summed E-state index contributed by atoms with van der Waals surface area (Å²) in [6.45, 7) is 2.01. The SMILES string of the molecule is Cc1ccn2cc(CC(=O)Nc3cccc(Cl)c3)nc2c1. The highest BCUT2D eigenvalue weighted by molar-refractivity contribution is 6.30. The molecule has 0 saturated carbocycles. The number of benzene rings is 1. The maximum Gasteiger partial charge on any atom is 0.230 e. The molecule has 106 valence electrons. The Bertz CT molecular complexity index is 810. The fourth-order valence-corrected chi connectivity index (χ4v) is 2.35. The van der Waals surface area contributed by atoms with Gasteiger partial charge in [0.05, 0.1) is 12.1 Å². The Hall–Kier alpha value is -2.33. The molecule has 0 radical (unpaired) electrons. The average Bonchev–Trinajstić information content (AvgIpc) is 2.79. The van der Waals surface area contributed by atoms with Gasteiger partial charge in [0.15, 0.2) is 0 Å². The number of aromatic nitrogens is 2. The molecule has 0 fully saturated rings. The maximum atomic E-state index is 12.0. The molecule has 1 N–H and O–H groups in total. The summed E-state index contributed by atoms with van der Waals surface area (Å²) < 4.78 is 1.91. The minimum absolute atomic E-state index is 0.114. The molecule has 4 nitrogen and oxygen atoms in total. The van der Waals surface area contributed by atoms with Crippen molar-refractivity contribution in [1.82, 2.24) is 9.38 Å². The van der Waals surface area contributed by atoms with Crippen LogP contribution in [0.3, 0.4) is 0 Å². The molecule has 0 spiro atoms. The fourth-order valence-electron chi connectivity index (χ4n) is 2.16. The summed E-state index contributed by atoms with van der Waals surface area (Å²) >= 11 is 5.89. The highest BCUT2D eigenvalue weighted by Gasteiger charge is 2.08. The largest absolute Gasteiger partial charge is 0.326 e. The first-order valence-corrected chi connectivity index (χ1v) is 6.97. The Morgan fingerprint density at radius 3 is 3.00 bits per heavy atom. The van der Waals surface area contributed by atoms with E-state index in [0.717, 1.165) is 16.9 Å². The van der Waals surface area contributed by atoms with Gasteiger partial charge in [-0.2, -0.15) is 0 Å². The molecule has 2 aromatic heterocycles. The fraction of sp³-hybridized carbons (Fsp3) is 0.125. The molecule has 0 bridgehead atoms. The summed E-state index contributed by atoms with van der Waals surface area (Å²) in [6.07, 6.45) is 4.04. The lowest BCUT2D eigenvalue weighted by molar-refractivity contribution is -0.115.